The van der Waals surface area contributed by atoms with Crippen molar-refractivity contribution >= 4 is 11.6 Å². The highest BCUT2D eigenvalue weighted by Gasteiger charge is 2.03. The van der Waals surface area contributed by atoms with Crippen molar-refractivity contribution in [2.45, 2.75) is 6.92 Å². The summed E-state index contributed by atoms with van der Waals surface area (Å²) in [5.74, 6) is 1.49. The molecule has 16 heavy (non-hydrogen) atoms. The van der Waals surface area contributed by atoms with Gasteiger partial charge in [-0.25, -0.2) is 9.97 Å². The number of aryl methyl sites for hydroxylation is 1. The van der Waals surface area contributed by atoms with Gasteiger partial charge in [-0.1, -0.05) is 11.6 Å². The van der Waals surface area contributed by atoms with Crippen LogP contribution in [-0.4, -0.2) is 17.1 Å². The van der Waals surface area contributed by atoms with E-state index in [2.05, 4.69) is 9.97 Å². The summed E-state index contributed by atoms with van der Waals surface area (Å²) in [4.78, 5) is 8.35. The normalized spacial score (nSPS) is 10.2. The molecule has 0 saturated carbocycles. The molecule has 1 heterocycles. The van der Waals surface area contributed by atoms with Gasteiger partial charge in [0.25, 0.3) is 0 Å². The lowest BCUT2D eigenvalue weighted by Gasteiger charge is -2.04. The maximum atomic E-state index is 5.88. The Labute approximate surface area is 99.1 Å². The zero-order chi connectivity index (χ0) is 11.5. The summed E-state index contributed by atoms with van der Waals surface area (Å²) in [5.41, 5.74) is 1.81. The molecule has 2 rings (SSSR count). The highest BCUT2D eigenvalue weighted by Crippen LogP contribution is 2.22. The molecule has 0 aliphatic carbocycles. The number of methoxy groups -OCH3 is 1. The highest BCUT2D eigenvalue weighted by atomic mass is 35.5. The van der Waals surface area contributed by atoms with Crippen molar-refractivity contribution in [3.63, 3.8) is 0 Å². The van der Waals surface area contributed by atoms with E-state index in [-0.39, 0.29) is 0 Å². The van der Waals surface area contributed by atoms with Crippen LogP contribution >= 0.6 is 11.6 Å². The molecule has 0 aliphatic rings. The second-order valence-corrected chi connectivity index (χ2v) is 3.74. The number of halogens is 1. The zero-order valence-electron chi connectivity index (χ0n) is 9.07. The van der Waals surface area contributed by atoms with Gasteiger partial charge in [0.15, 0.2) is 0 Å². The number of hydrogen-bond donors (Lipinski definition) is 0. The molecule has 0 radical (unpaired) electrons. The minimum Gasteiger partial charge on any atom is -0.497 e. The molecule has 2 aromatic rings. The van der Waals surface area contributed by atoms with Crippen LogP contribution in [0.3, 0.4) is 0 Å². The molecule has 0 bridgehead atoms. The number of rotatable bonds is 2. The average molecular weight is 235 g/mol. The fourth-order valence-corrected chi connectivity index (χ4v) is 1.67. The van der Waals surface area contributed by atoms with Crippen molar-refractivity contribution in [3.8, 4) is 17.0 Å². The molecule has 0 spiro atoms. The summed E-state index contributed by atoms with van der Waals surface area (Å²) in [6, 6.07) is 9.41. The van der Waals surface area contributed by atoms with Crippen LogP contribution in [0.1, 0.15) is 5.82 Å². The van der Waals surface area contributed by atoms with Crippen LogP contribution in [0.4, 0.5) is 0 Å². The van der Waals surface area contributed by atoms with Crippen LogP contribution in [0.2, 0.25) is 5.15 Å². The van der Waals surface area contributed by atoms with Crippen molar-refractivity contribution in [1.82, 2.24) is 9.97 Å². The largest absolute Gasteiger partial charge is 0.497 e. The van der Waals surface area contributed by atoms with Crippen molar-refractivity contribution in [3.05, 3.63) is 41.3 Å². The van der Waals surface area contributed by atoms with E-state index in [9.17, 15) is 0 Å². The molecule has 0 amide bonds. The summed E-state index contributed by atoms with van der Waals surface area (Å²) >= 11 is 5.88. The van der Waals surface area contributed by atoms with Crippen LogP contribution < -0.4 is 4.74 Å². The van der Waals surface area contributed by atoms with Gasteiger partial charge in [0.2, 0.25) is 0 Å². The summed E-state index contributed by atoms with van der Waals surface area (Å²) < 4.78 is 5.09. The van der Waals surface area contributed by atoms with E-state index in [0.29, 0.717) is 11.0 Å². The third-order valence-electron chi connectivity index (χ3n) is 2.19. The molecular weight excluding hydrogens is 224 g/mol. The van der Waals surface area contributed by atoms with Gasteiger partial charge >= 0.3 is 0 Å². The van der Waals surface area contributed by atoms with E-state index >= 15 is 0 Å². The van der Waals surface area contributed by atoms with Gasteiger partial charge in [-0.05, 0) is 31.2 Å². The maximum Gasteiger partial charge on any atom is 0.133 e. The summed E-state index contributed by atoms with van der Waals surface area (Å²) in [5, 5.41) is 0.457. The molecule has 0 aliphatic heterocycles. The first-order chi connectivity index (χ1) is 7.69. The van der Waals surface area contributed by atoms with E-state index in [1.165, 1.54) is 0 Å². The quantitative estimate of drug-likeness (QED) is 0.749. The minimum absolute atomic E-state index is 0.457. The molecule has 0 fully saturated rings. The molecular formula is C12H11ClN2O. The van der Waals surface area contributed by atoms with Crippen molar-refractivity contribution in [1.29, 1.82) is 0 Å². The van der Waals surface area contributed by atoms with Crippen molar-refractivity contribution in [2.24, 2.45) is 0 Å². The first kappa shape index (κ1) is 10.9. The number of ether oxygens (including phenoxy) is 1. The lowest BCUT2D eigenvalue weighted by atomic mass is 10.1. The smallest absolute Gasteiger partial charge is 0.133 e. The van der Waals surface area contributed by atoms with Gasteiger partial charge in [0.05, 0.1) is 12.8 Å². The summed E-state index contributed by atoms with van der Waals surface area (Å²) in [6.07, 6.45) is 0. The highest BCUT2D eigenvalue weighted by molar-refractivity contribution is 6.29. The monoisotopic (exact) mass is 234 g/mol. The lowest BCUT2D eigenvalue weighted by molar-refractivity contribution is 0.415. The van der Waals surface area contributed by atoms with Gasteiger partial charge in [-0.2, -0.15) is 0 Å². The first-order valence-electron chi connectivity index (χ1n) is 4.84. The Morgan fingerprint density at radius 2 is 1.81 bits per heavy atom. The molecule has 0 atom stereocenters. The molecule has 0 unspecified atom stereocenters. The Morgan fingerprint density at radius 1 is 1.12 bits per heavy atom. The van der Waals surface area contributed by atoms with E-state index in [4.69, 9.17) is 16.3 Å². The van der Waals surface area contributed by atoms with Crippen LogP contribution in [0.25, 0.3) is 11.3 Å². The predicted octanol–water partition coefficient (Wildman–Crippen LogP) is 3.11. The fourth-order valence-electron chi connectivity index (χ4n) is 1.44. The van der Waals surface area contributed by atoms with Gasteiger partial charge in [-0.3, -0.25) is 0 Å². The molecule has 82 valence electrons. The molecule has 3 nitrogen and oxygen atoms in total. The van der Waals surface area contributed by atoms with Crippen LogP contribution in [0, 0.1) is 6.92 Å². The summed E-state index contributed by atoms with van der Waals surface area (Å²) in [7, 11) is 1.64. The Kier molecular flexibility index (Phi) is 3.06. The Morgan fingerprint density at radius 3 is 2.38 bits per heavy atom. The third kappa shape index (κ3) is 2.31. The standard InChI is InChI=1S/C12H11ClN2O/c1-8-14-11(7-12(13)15-8)9-3-5-10(16-2)6-4-9/h3-7H,1-2H3. The molecule has 0 N–H and O–H groups in total. The van der Waals surface area contributed by atoms with Gasteiger partial charge in [-0.15, -0.1) is 0 Å². The van der Waals surface area contributed by atoms with E-state index < -0.39 is 0 Å². The van der Waals surface area contributed by atoms with Gasteiger partial charge < -0.3 is 4.74 Å². The molecule has 1 aromatic carbocycles. The second kappa shape index (κ2) is 4.49. The van der Waals surface area contributed by atoms with E-state index in [1.807, 2.05) is 31.2 Å². The van der Waals surface area contributed by atoms with Crippen molar-refractivity contribution < 1.29 is 4.74 Å². The Bertz CT molecular complexity index is 477. The Balaban J connectivity index is 2.42. The number of aromatic nitrogens is 2. The topological polar surface area (TPSA) is 35.0 Å². The van der Waals surface area contributed by atoms with Crippen LogP contribution in [-0.2, 0) is 0 Å². The summed E-state index contributed by atoms with van der Waals surface area (Å²) in [6.45, 7) is 1.82. The SMILES string of the molecule is COc1ccc(-c2cc(Cl)nc(C)n2)cc1. The second-order valence-electron chi connectivity index (χ2n) is 3.35. The molecule has 4 heteroatoms. The minimum atomic E-state index is 0.457. The first-order valence-corrected chi connectivity index (χ1v) is 5.22. The fraction of sp³-hybridized carbons (Fsp3) is 0.167. The van der Waals surface area contributed by atoms with E-state index in [1.54, 1.807) is 13.2 Å². The zero-order valence-corrected chi connectivity index (χ0v) is 9.82. The number of hydrogen-bond acceptors (Lipinski definition) is 3. The van der Waals surface area contributed by atoms with Crippen LogP contribution in [0.5, 0.6) is 5.75 Å². The molecule has 1 aromatic heterocycles. The maximum absolute atomic E-state index is 5.88. The van der Waals surface area contributed by atoms with E-state index in [0.717, 1.165) is 17.0 Å². The predicted molar refractivity (Wildman–Crippen MR) is 63.8 cm³/mol. The van der Waals surface area contributed by atoms with Gasteiger partial charge in [0, 0.05) is 11.6 Å². The average Bonchev–Trinajstić information content (AvgIpc) is 2.28. The molecule has 0 saturated heterocycles. The van der Waals surface area contributed by atoms with Crippen molar-refractivity contribution in [2.75, 3.05) is 7.11 Å². The third-order valence-corrected chi connectivity index (χ3v) is 2.39. The number of benzene rings is 1. The Hall–Kier alpha value is -1.61. The van der Waals surface area contributed by atoms with Crippen LogP contribution in [0.15, 0.2) is 30.3 Å². The lowest BCUT2D eigenvalue weighted by Crippen LogP contribution is -1.91. The number of nitrogens with zero attached hydrogens (tertiary/aromatic N) is 2. The van der Waals surface area contributed by atoms with Gasteiger partial charge in [0.1, 0.15) is 16.7 Å².